The molecule has 5 heteroatoms. The average Bonchev–Trinajstić information content (AvgIpc) is 2.42. The van der Waals surface area contributed by atoms with Gasteiger partial charge in [-0.1, -0.05) is 6.92 Å². The van der Waals surface area contributed by atoms with Gasteiger partial charge in [-0.25, -0.2) is 0 Å². The minimum absolute atomic E-state index is 0.0691. The molecule has 0 aromatic rings. The zero-order valence-electron chi connectivity index (χ0n) is 11.6. The third-order valence-corrected chi connectivity index (χ3v) is 3.31. The number of amides is 1. The number of likely N-dealkylation sites (tertiary alicyclic amines) is 1. The molecule has 0 aromatic carbocycles. The number of hydrogen-bond donors (Lipinski definition) is 1. The van der Waals surface area contributed by atoms with Crippen LogP contribution < -0.4 is 5.73 Å². The first-order chi connectivity index (χ1) is 8.69. The van der Waals surface area contributed by atoms with Crippen LogP contribution in [0.3, 0.4) is 0 Å². The van der Waals surface area contributed by atoms with E-state index in [1.54, 1.807) is 0 Å². The van der Waals surface area contributed by atoms with E-state index in [-0.39, 0.29) is 17.9 Å². The first kappa shape index (κ1) is 15.4. The van der Waals surface area contributed by atoms with Gasteiger partial charge in [0, 0.05) is 32.2 Å². The Bertz CT molecular complexity index is 240. The molecule has 5 nitrogen and oxygen atoms in total. The summed E-state index contributed by atoms with van der Waals surface area (Å²) in [5.41, 5.74) is 5.52. The molecule has 18 heavy (non-hydrogen) atoms. The van der Waals surface area contributed by atoms with Crippen LogP contribution in [-0.4, -0.2) is 56.4 Å². The molecular weight excluding hydrogens is 232 g/mol. The Balaban J connectivity index is 2.18. The maximum Gasteiger partial charge on any atom is 0.226 e. The molecule has 1 amide bonds. The van der Waals surface area contributed by atoms with E-state index in [9.17, 15) is 4.79 Å². The summed E-state index contributed by atoms with van der Waals surface area (Å²) in [6, 6.07) is 0. The van der Waals surface area contributed by atoms with Gasteiger partial charge in [0.05, 0.1) is 19.3 Å². The van der Waals surface area contributed by atoms with Crippen LogP contribution >= 0.6 is 0 Å². The fourth-order valence-electron chi connectivity index (χ4n) is 2.07. The lowest BCUT2D eigenvalue weighted by molar-refractivity contribution is -0.137. The topological polar surface area (TPSA) is 64.8 Å². The molecule has 1 saturated heterocycles. The summed E-state index contributed by atoms with van der Waals surface area (Å²) in [5.74, 6) is 0.102. The molecule has 0 aliphatic carbocycles. The van der Waals surface area contributed by atoms with Crippen LogP contribution in [0.4, 0.5) is 0 Å². The van der Waals surface area contributed by atoms with Crippen molar-refractivity contribution in [3.8, 4) is 0 Å². The molecule has 0 aromatic heterocycles. The molecule has 1 heterocycles. The van der Waals surface area contributed by atoms with Crippen molar-refractivity contribution in [1.29, 1.82) is 0 Å². The lowest BCUT2D eigenvalue weighted by Gasteiger charge is -2.33. The van der Waals surface area contributed by atoms with Crippen LogP contribution in [0.2, 0.25) is 0 Å². The zero-order chi connectivity index (χ0) is 13.4. The predicted octanol–water partition coefficient (Wildman–Crippen LogP) is 0.625. The first-order valence-corrected chi connectivity index (χ1v) is 6.87. The Hall–Kier alpha value is -0.650. The lowest BCUT2D eigenvalue weighted by atomic mass is 10.0. The van der Waals surface area contributed by atoms with Crippen molar-refractivity contribution in [1.82, 2.24) is 4.90 Å². The van der Waals surface area contributed by atoms with Gasteiger partial charge in [-0.2, -0.15) is 0 Å². The summed E-state index contributed by atoms with van der Waals surface area (Å²) in [6.07, 6.45) is 2.09. The van der Waals surface area contributed by atoms with E-state index in [4.69, 9.17) is 15.2 Å². The summed E-state index contributed by atoms with van der Waals surface area (Å²) < 4.78 is 10.9. The highest BCUT2D eigenvalue weighted by molar-refractivity contribution is 5.78. The molecule has 1 aliphatic heterocycles. The molecule has 0 bridgehead atoms. The van der Waals surface area contributed by atoms with E-state index in [1.807, 2.05) is 18.7 Å². The third-order valence-electron chi connectivity index (χ3n) is 3.31. The summed E-state index contributed by atoms with van der Waals surface area (Å²) in [7, 11) is 0. The highest BCUT2D eigenvalue weighted by atomic mass is 16.5. The van der Waals surface area contributed by atoms with Gasteiger partial charge in [-0.3, -0.25) is 4.79 Å². The molecule has 1 unspecified atom stereocenters. The predicted molar refractivity (Wildman–Crippen MR) is 70.3 cm³/mol. The Morgan fingerprint density at radius 3 is 2.61 bits per heavy atom. The van der Waals surface area contributed by atoms with Gasteiger partial charge in [-0.05, 0) is 19.8 Å². The standard InChI is InChI=1S/C13H26N2O3/c1-3-17-8-9-18-12-4-6-15(7-5-12)13(16)11(2)10-14/h11-12H,3-10,14H2,1-2H3. The van der Waals surface area contributed by atoms with Crippen LogP contribution in [0.1, 0.15) is 26.7 Å². The normalized spacial score (nSPS) is 18.9. The van der Waals surface area contributed by atoms with Crippen LogP contribution in [0, 0.1) is 5.92 Å². The Morgan fingerprint density at radius 1 is 1.39 bits per heavy atom. The summed E-state index contributed by atoms with van der Waals surface area (Å²) >= 11 is 0. The SMILES string of the molecule is CCOCCOC1CCN(C(=O)C(C)CN)CC1. The van der Waals surface area contributed by atoms with Crippen molar-refractivity contribution in [2.45, 2.75) is 32.8 Å². The van der Waals surface area contributed by atoms with Crippen molar-refractivity contribution in [3.63, 3.8) is 0 Å². The van der Waals surface area contributed by atoms with Gasteiger partial charge in [0.1, 0.15) is 0 Å². The molecule has 0 saturated carbocycles. The zero-order valence-corrected chi connectivity index (χ0v) is 11.6. The lowest BCUT2D eigenvalue weighted by Crippen LogP contribution is -2.44. The number of carbonyl (C=O) groups excluding carboxylic acids is 1. The van der Waals surface area contributed by atoms with Gasteiger partial charge >= 0.3 is 0 Å². The Labute approximate surface area is 110 Å². The molecule has 0 spiro atoms. The highest BCUT2D eigenvalue weighted by Gasteiger charge is 2.25. The molecule has 2 N–H and O–H groups in total. The van der Waals surface area contributed by atoms with Gasteiger partial charge in [-0.15, -0.1) is 0 Å². The second-order valence-corrected chi connectivity index (χ2v) is 4.73. The first-order valence-electron chi connectivity index (χ1n) is 6.87. The molecule has 0 radical (unpaired) electrons. The monoisotopic (exact) mass is 258 g/mol. The van der Waals surface area contributed by atoms with Gasteiger partial charge in [0.15, 0.2) is 0 Å². The maximum atomic E-state index is 11.9. The molecular formula is C13H26N2O3. The van der Waals surface area contributed by atoms with Crippen LogP contribution in [0.15, 0.2) is 0 Å². The number of nitrogens with zero attached hydrogens (tertiary/aromatic N) is 1. The van der Waals surface area contributed by atoms with Crippen molar-refractivity contribution in [3.05, 3.63) is 0 Å². The van der Waals surface area contributed by atoms with E-state index in [0.717, 1.165) is 32.5 Å². The quantitative estimate of drug-likeness (QED) is 0.680. The van der Waals surface area contributed by atoms with Crippen LogP contribution in [0.5, 0.6) is 0 Å². The fraction of sp³-hybridized carbons (Fsp3) is 0.923. The number of hydrogen-bond acceptors (Lipinski definition) is 4. The summed E-state index contributed by atoms with van der Waals surface area (Å²) in [6.45, 7) is 7.86. The Kier molecular flexibility index (Phi) is 7.23. The number of rotatable bonds is 7. The number of nitrogens with two attached hydrogens (primary N) is 1. The molecule has 1 fully saturated rings. The molecule has 1 aliphatic rings. The van der Waals surface area contributed by atoms with Gasteiger partial charge in [0.25, 0.3) is 0 Å². The maximum absolute atomic E-state index is 11.9. The van der Waals surface area contributed by atoms with E-state index in [1.165, 1.54) is 0 Å². The smallest absolute Gasteiger partial charge is 0.226 e. The van der Waals surface area contributed by atoms with Crippen molar-refractivity contribution in [2.24, 2.45) is 11.7 Å². The van der Waals surface area contributed by atoms with Crippen LogP contribution in [0.25, 0.3) is 0 Å². The number of carbonyl (C=O) groups is 1. The number of ether oxygens (including phenoxy) is 2. The number of piperidine rings is 1. The minimum atomic E-state index is -0.0691. The fourth-order valence-corrected chi connectivity index (χ4v) is 2.07. The van der Waals surface area contributed by atoms with Crippen molar-refractivity contribution in [2.75, 3.05) is 39.5 Å². The largest absolute Gasteiger partial charge is 0.379 e. The minimum Gasteiger partial charge on any atom is -0.379 e. The second-order valence-electron chi connectivity index (χ2n) is 4.73. The van der Waals surface area contributed by atoms with E-state index in [2.05, 4.69) is 0 Å². The highest BCUT2D eigenvalue weighted by Crippen LogP contribution is 2.15. The van der Waals surface area contributed by atoms with Crippen molar-refractivity contribution < 1.29 is 14.3 Å². The summed E-state index contributed by atoms with van der Waals surface area (Å²) in [5, 5.41) is 0. The molecule has 1 rings (SSSR count). The van der Waals surface area contributed by atoms with Crippen molar-refractivity contribution >= 4 is 5.91 Å². The molecule has 1 atom stereocenters. The molecule has 106 valence electrons. The van der Waals surface area contributed by atoms with E-state index < -0.39 is 0 Å². The third kappa shape index (κ3) is 4.92. The average molecular weight is 258 g/mol. The van der Waals surface area contributed by atoms with E-state index >= 15 is 0 Å². The van der Waals surface area contributed by atoms with Gasteiger partial charge < -0.3 is 20.1 Å². The van der Waals surface area contributed by atoms with Gasteiger partial charge in [0.2, 0.25) is 5.91 Å². The summed E-state index contributed by atoms with van der Waals surface area (Å²) in [4.78, 5) is 13.8. The van der Waals surface area contributed by atoms with E-state index in [0.29, 0.717) is 19.8 Å². The second kappa shape index (κ2) is 8.45. The Morgan fingerprint density at radius 2 is 2.06 bits per heavy atom. The van der Waals surface area contributed by atoms with Crippen LogP contribution in [-0.2, 0) is 14.3 Å².